The van der Waals surface area contributed by atoms with Gasteiger partial charge in [-0.1, -0.05) is 19.4 Å². The fourth-order valence-electron chi connectivity index (χ4n) is 2.03. The van der Waals surface area contributed by atoms with Crippen LogP contribution in [0.1, 0.15) is 37.6 Å². The molecule has 0 aliphatic rings. The van der Waals surface area contributed by atoms with Crippen molar-refractivity contribution in [2.45, 2.75) is 32.7 Å². The summed E-state index contributed by atoms with van der Waals surface area (Å²) in [4.78, 5) is 5.76. The average molecular weight is 291 g/mol. The van der Waals surface area contributed by atoms with E-state index < -0.39 is 0 Å². The Morgan fingerprint density at radius 2 is 2.20 bits per heavy atom. The van der Waals surface area contributed by atoms with E-state index in [0.29, 0.717) is 18.2 Å². The number of nitrogens with one attached hydrogen (secondary N) is 1. The Hall–Kier alpha value is -1.75. The van der Waals surface area contributed by atoms with Crippen molar-refractivity contribution in [3.05, 3.63) is 34.5 Å². The molecule has 3 N–H and O–H groups in total. The van der Waals surface area contributed by atoms with Crippen molar-refractivity contribution in [1.82, 2.24) is 4.98 Å². The van der Waals surface area contributed by atoms with Crippen LogP contribution in [-0.4, -0.2) is 11.6 Å². The third kappa shape index (κ3) is 3.63. The highest BCUT2D eigenvalue weighted by molar-refractivity contribution is 7.10. The molecule has 0 saturated carbocycles. The van der Waals surface area contributed by atoms with Crippen molar-refractivity contribution >= 4 is 22.8 Å². The zero-order valence-electron chi connectivity index (χ0n) is 11.9. The van der Waals surface area contributed by atoms with Gasteiger partial charge in [0.2, 0.25) is 5.88 Å². The molecule has 2 rings (SSSR count). The summed E-state index contributed by atoms with van der Waals surface area (Å²) in [6.45, 7) is 4.67. The number of hydrogen-bond donors (Lipinski definition) is 2. The van der Waals surface area contributed by atoms with Gasteiger partial charge in [-0.25, -0.2) is 0 Å². The Kier molecular flexibility index (Phi) is 5.24. The SMILES string of the molecule is CCCC(Nc1ccc(N)c(OCC)n1)c1cccs1. The van der Waals surface area contributed by atoms with Crippen LogP contribution in [0.15, 0.2) is 29.6 Å². The molecule has 0 aliphatic heterocycles. The number of nitrogens with zero attached hydrogens (tertiary/aromatic N) is 1. The lowest BCUT2D eigenvalue weighted by atomic mass is 10.1. The number of anilines is 2. The fourth-order valence-corrected chi connectivity index (χ4v) is 2.84. The first-order valence-electron chi connectivity index (χ1n) is 6.93. The maximum Gasteiger partial charge on any atom is 0.239 e. The topological polar surface area (TPSA) is 60.2 Å². The van der Waals surface area contributed by atoms with Crippen LogP contribution in [0, 0.1) is 0 Å². The lowest BCUT2D eigenvalue weighted by Gasteiger charge is -2.18. The average Bonchev–Trinajstić information content (AvgIpc) is 2.96. The first kappa shape index (κ1) is 14.7. The van der Waals surface area contributed by atoms with Gasteiger partial charge >= 0.3 is 0 Å². The van der Waals surface area contributed by atoms with Crippen molar-refractivity contribution in [3.63, 3.8) is 0 Å². The van der Waals surface area contributed by atoms with Gasteiger partial charge in [-0.3, -0.25) is 0 Å². The molecule has 5 heteroatoms. The minimum atomic E-state index is 0.283. The van der Waals surface area contributed by atoms with Gasteiger partial charge < -0.3 is 15.8 Å². The van der Waals surface area contributed by atoms with E-state index in [1.54, 1.807) is 11.3 Å². The third-order valence-corrected chi connectivity index (χ3v) is 3.94. The summed E-state index contributed by atoms with van der Waals surface area (Å²) in [5, 5.41) is 5.57. The summed E-state index contributed by atoms with van der Waals surface area (Å²) in [5.74, 6) is 1.30. The Morgan fingerprint density at radius 1 is 1.35 bits per heavy atom. The Bertz CT molecular complexity index is 528. The predicted molar refractivity (Wildman–Crippen MR) is 85.4 cm³/mol. The van der Waals surface area contributed by atoms with Crippen molar-refractivity contribution < 1.29 is 4.74 Å². The second-order valence-corrected chi connectivity index (χ2v) is 5.50. The smallest absolute Gasteiger partial charge is 0.239 e. The number of nitrogens with two attached hydrogens (primary N) is 1. The van der Waals surface area contributed by atoms with E-state index in [4.69, 9.17) is 10.5 Å². The maximum atomic E-state index is 5.85. The monoisotopic (exact) mass is 291 g/mol. The maximum absolute atomic E-state index is 5.85. The van der Waals surface area contributed by atoms with Gasteiger partial charge in [-0.2, -0.15) is 4.98 Å². The van der Waals surface area contributed by atoms with Crippen LogP contribution in [0.4, 0.5) is 11.5 Å². The molecule has 0 aliphatic carbocycles. The molecule has 4 nitrogen and oxygen atoms in total. The standard InChI is InChI=1S/C15H21N3OS/c1-3-6-12(13-7-5-10-20-13)17-14-9-8-11(16)15(18-14)19-4-2/h5,7-10,12H,3-4,6,16H2,1-2H3,(H,17,18). The van der Waals surface area contributed by atoms with Crippen molar-refractivity contribution in [2.75, 3.05) is 17.7 Å². The van der Waals surface area contributed by atoms with Crippen LogP contribution < -0.4 is 15.8 Å². The van der Waals surface area contributed by atoms with Crippen LogP contribution in [0.3, 0.4) is 0 Å². The van der Waals surface area contributed by atoms with E-state index in [1.165, 1.54) is 4.88 Å². The van der Waals surface area contributed by atoms with E-state index in [1.807, 2.05) is 19.1 Å². The molecule has 0 bridgehead atoms. The lowest BCUT2D eigenvalue weighted by Crippen LogP contribution is -2.11. The van der Waals surface area contributed by atoms with E-state index in [-0.39, 0.29) is 6.04 Å². The Labute approximate surface area is 124 Å². The molecule has 1 atom stereocenters. The highest BCUT2D eigenvalue weighted by Crippen LogP contribution is 2.28. The molecule has 2 aromatic heterocycles. The van der Waals surface area contributed by atoms with Gasteiger partial charge in [0.1, 0.15) is 5.82 Å². The minimum absolute atomic E-state index is 0.283. The molecular formula is C15H21N3OS. The molecule has 20 heavy (non-hydrogen) atoms. The normalized spacial score (nSPS) is 12.1. The van der Waals surface area contributed by atoms with Gasteiger partial charge in [0.05, 0.1) is 18.3 Å². The van der Waals surface area contributed by atoms with Gasteiger partial charge in [-0.05, 0) is 36.9 Å². The second kappa shape index (κ2) is 7.14. The van der Waals surface area contributed by atoms with Crippen molar-refractivity contribution in [1.29, 1.82) is 0 Å². The van der Waals surface area contributed by atoms with Gasteiger partial charge in [0.15, 0.2) is 0 Å². The van der Waals surface area contributed by atoms with E-state index in [9.17, 15) is 0 Å². The molecule has 2 aromatic rings. The first-order valence-corrected chi connectivity index (χ1v) is 7.81. The molecule has 0 radical (unpaired) electrons. The van der Waals surface area contributed by atoms with Gasteiger partial charge in [0.25, 0.3) is 0 Å². The first-order chi connectivity index (χ1) is 9.74. The van der Waals surface area contributed by atoms with Crippen LogP contribution in [-0.2, 0) is 0 Å². The summed E-state index contributed by atoms with van der Waals surface area (Å²) in [6.07, 6.45) is 2.18. The molecule has 2 heterocycles. The minimum Gasteiger partial charge on any atom is -0.476 e. The van der Waals surface area contributed by atoms with E-state index in [0.717, 1.165) is 18.7 Å². The number of nitrogen functional groups attached to an aromatic ring is 1. The number of ether oxygens (including phenoxy) is 1. The third-order valence-electron chi connectivity index (χ3n) is 2.96. The van der Waals surface area contributed by atoms with Crippen LogP contribution >= 0.6 is 11.3 Å². The Balaban J connectivity index is 2.16. The lowest BCUT2D eigenvalue weighted by molar-refractivity contribution is 0.329. The largest absolute Gasteiger partial charge is 0.476 e. The summed E-state index contributed by atoms with van der Waals surface area (Å²) < 4.78 is 5.44. The molecular weight excluding hydrogens is 270 g/mol. The second-order valence-electron chi connectivity index (χ2n) is 4.52. The molecule has 0 aromatic carbocycles. The Morgan fingerprint density at radius 3 is 2.85 bits per heavy atom. The van der Waals surface area contributed by atoms with Crippen LogP contribution in [0.2, 0.25) is 0 Å². The van der Waals surface area contributed by atoms with E-state index >= 15 is 0 Å². The molecule has 108 valence electrons. The number of thiophene rings is 1. The zero-order chi connectivity index (χ0) is 14.4. The molecule has 0 amide bonds. The number of rotatable bonds is 7. The fraction of sp³-hybridized carbons (Fsp3) is 0.400. The van der Waals surface area contributed by atoms with Crippen LogP contribution in [0.5, 0.6) is 5.88 Å². The summed E-state index contributed by atoms with van der Waals surface area (Å²) >= 11 is 1.76. The highest BCUT2D eigenvalue weighted by atomic mass is 32.1. The molecule has 0 spiro atoms. The van der Waals surface area contributed by atoms with Crippen molar-refractivity contribution in [3.8, 4) is 5.88 Å². The number of hydrogen-bond acceptors (Lipinski definition) is 5. The van der Waals surface area contributed by atoms with Gasteiger partial charge in [0, 0.05) is 4.88 Å². The van der Waals surface area contributed by atoms with Gasteiger partial charge in [-0.15, -0.1) is 11.3 Å². The molecule has 0 fully saturated rings. The summed E-state index contributed by atoms with van der Waals surface area (Å²) in [6, 6.07) is 8.24. The quantitative estimate of drug-likeness (QED) is 0.807. The van der Waals surface area contributed by atoms with Crippen molar-refractivity contribution in [2.24, 2.45) is 0 Å². The highest BCUT2D eigenvalue weighted by Gasteiger charge is 2.13. The van der Waals surface area contributed by atoms with E-state index in [2.05, 4.69) is 34.7 Å². The molecule has 0 saturated heterocycles. The van der Waals surface area contributed by atoms with Crippen LogP contribution in [0.25, 0.3) is 0 Å². The summed E-state index contributed by atoms with van der Waals surface area (Å²) in [7, 11) is 0. The summed E-state index contributed by atoms with van der Waals surface area (Å²) in [5.41, 5.74) is 6.42. The zero-order valence-corrected chi connectivity index (χ0v) is 12.7. The predicted octanol–water partition coefficient (Wildman–Crippen LogP) is 4.08. The number of pyridine rings is 1. The number of aromatic nitrogens is 1. The molecule has 1 unspecified atom stereocenters.